The Morgan fingerprint density at radius 1 is 0.259 bits per heavy atom. The molecule has 0 saturated carbocycles. The Bertz CT molecular complexity index is 1580. The zero-order chi connectivity index (χ0) is 58.5. The second kappa shape index (κ2) is 68.8. The van der Waals surface area contributed by atoms with E-state index in [0.29, 0.717) is 19.3 Å². The molecule has 6 nitrogen and oxygen atoms in total. The fraction of sp³-hybridized carbons (Fsp3) is 0.747. The summed E-state index contributed by atoms with van der Waals surface area (Å²) in [5, 5.41) is 0. The molecule has 0 rings (SSSR count). The summed E-state index contributed by atoms with van der Waals surface area (Å²) in [5.41, 5.74) is 0. The number of rotatable bonds is 63. The van der Waals surface area contributed by atoms with Gasteiger partial charge in [0, 0.05) is 19.3 Å². The number of hydrogen-bond donors (Lipinski definition) is 0. The SMILES string of the molecule is CC/C=C\C/C=C\C/C=C\C/C=C\C/C=C\C/C=C\C/C=C\CCCCCCCCCCCCCC(=O)OCC(COC(=O)CCCCCCCCCCC)OC(=O)CCCCCCCCCCC/C=C\CCCCCCCCCC. The van der Waals surface area contributed by atoms with Crippen molar-refractivity contribution in [2.24, 2.45) is 0 Å². The van der Waals surface area contributed by atoms with E-state index in [2.05, 4.69) is 118 Å². The fourth-order valence-corrected chi connectivity index (χ4v) is 9.89. The van der Waals surface area contributed by atoms with Crippen LogP contribution in [-0.2, 0) is 28.6 Å². The molecule has 81 heavy (non-hydrogen) atoms. The van der Waals surface area contributed by atoms with E-state index in [-0.39, 0.29) is 31.1 Å². The van der Waals surface area contributed by atoms with Crippen molar-refractivity contribution in [3.05, 3.63) is 97.2 Å². The Labute approximate surface area is 502 Å². The van der Waals surface area contributed by atoms with Gasteiger partial charge in [0.25, 0.3) is 0 Å². The molecular formula is C75H130O6. The summed E-state index contributed by atoms with van der Waals surface area (Å²) in [5.74, 6) is -0.869. The highest BCUT2D eigenvalue weighted by molar-refractivity contribution is 5.71. The molecule has 0 aliphatic carbocycles. The topological polar surface area (TPSA) is 78.9 Å². The lowest BCUT2D eigenvalue weighted by Gasteiger charge is -2.18. The van der Waals surface area contributed by atoms with Gasteiger partial charge < -0.3 is 14.2 Å². The number of carbonyl (C=O) groups is 3. The minimum Gasteiger partial charge on any atom is -0.462 e. The van der Waals surface area contributed by atoms with E-state index in [9.17, 15) is 14.4 Å². The summed E-state index contributed by atoms with van der Waals surface area (Å²) in [6.45, 7) is 6.54. The molecule has 0 saturated heterocycles. The van der Waals surface area contributed by atoms with Gasteiger partial charge in [0.05, 0.1) is 0 Å². The van der Waals surface area contributed by atoms with Gasteiger partial charge in [-0.3, -0.25) is 14.4 Å². The van der Waals surface area contributed by atoms with E-state index in [4.69, 9.17) is 14.2 Å². The van der Waals surface area contributed by atoms with Crippen LogP contribution in [0.1, 0.15) is 342 Å². The van der Waals surface area contributed by atoms with E-state index in [1.54, 1.807) is 0 Å². The average Bonchev–Trinajstić information content (AvgIpc) is 3.47. The van der Waals surface area contributed by atoms with Crippen LogP contribution in [0.3, 0.4) is 0 Å². The first-order chi connectivity index (χ1) is 40.0. The van der Waals surface area contributed by atoms with Gasteiger partial charge in [0.2, 0.25) is 0 Å². The molecule has 0 radical (unpaired) electrons. The molecule has 0 amide bonds. The Hall–Kier alpha value is -3.67. The third kappa shape index (κ3) is 67.0. The van der Waals surface area contributed by atoms with Crippen LogP contribution in [0.4, 0.5) is 0 Å². The zero-order valence-corrected chi connectivity index (χ0v) is 53.5. The van der Waals surface area contributed by atoms with Gasteiger partial charge in [-0.15, -0.1) is 0 Å². The molecule has 0 aromatic carbocycles. The number of carbonyl (C=O) groups excluding carboxylic acids is 3. The Balaban J connectivity index is 4.15. The van der Waals surface area contributed by atoms with Crippen LogP contribution in [0.15, 0.2) is 97.2 Å². The van der Waals surface area contributed by atoms with E-state index in [0.717, 1.165) is 103 Å². The zero-order valence-electron chi connectivity index (χ0n) is 53.5. The van der Waals surface area contributed by atoms with Crippen molar-refractivity contribution in [1.82, 2.24) is 0 Å². The highest BCUT2D eigenvalue weighted by atomic mass is 16.6. The lowest BCUT2D eigenvalue weighted by atomic mass is 10.0. The molecule has 0 aromatic rings. The summed E-state index contributed by atoms with van der Waals surface area (Å²) in [7, 11) is 0. The number of hydrogen-bond acceptors (Lipinski definition) is 6. The van der Waals surface area contributed by atoms with Crippen LogP contribution in [0, 0.1) is 0 Å². The van der Waals surface area contributed by atoms with Crippen LogP contribution in [0.5, 0.6) is 0 Å². The van der Waals surface area contributed by atoms with Crippen molar-refractivity contribution in [3.63, 3.8) is 0 Å². The molecule has 6 heteroatoms. The molecule has 0 bridgehead atoms. The van der Waals surface area contributed by atoms with Gasteiger partial charge in [0.1, 0.15) is 13.2 Å². The summed E-state index contributed by atoms with van der Waals surface area (Å²) in [6, 6.07) is 0. The lowest BCUT2D eigenvalue weighted by Crippen LogP contribution is -2.30. The van der Waals surface area contributed by atoms with Crippen LogP contribution in [0.2, 0.25) is 0 Å². The fourth-order valence-electron chi connectivity index (χ4n) is 9.89. The van der Waals surface area contributed by atoms with Crippen LogP contribution >= 0.6 is 0 Å². The minimum absolute atomic E-state index is 0.0749. The second-order valence-electron chi connectivity index (χ2n) is 23.1. The molecule has 0 aliphatic heterocycles. The lowest BCUT2D eigenvalue weighted by molar-refractivity contribution is -0.167. The third-order valence-electron chi connectivity index (χ3n) is 15.1. The predicted molar refractivity (Wildman–Crippen MR) is 353 cm³/mol. The highest BCUT2D eigenvalue weighted by Gasteiger charge is 2.19. The van der Waals surface area contributed by atoms with Crippen molar-refractivity contribution >= 4 is 17.9 Å². The summed E-state index contributed by atoms with van der Waals surface area (Å²) >= 11 is 0. The van der Waals surface area contributed by atoms with E-state index in [1.807, 2.05) is 0 Å². The largest absolute Gasteiger partial charge is 0.462 e. The van der Waals surface area contributed by atoms with E-state index < -0.39 is 6.10 Å². The Kier molecular flexibility index (Phi) is 65.7. The Morgan fingerprint density at radius 3 is 0.765 bits per heavy atom. The second-order valence-corrected chi connectivity index (χ2v) is 23.1. The van der Waals surface area contributed by atoms with Crippen LogP contribution < -0.4 is 0 Å². The molecule has 0 spiro atoms. The first-order valence-corrected chi connectivity index (χ1v) is 34.7. The van der Waals surface area contributed by atoms with E-state index >= 15 is 0 Å². The first-order valence-electron chi connectivity index (χ1n) is 34.7. The maximum atomic E-state index is 12.9. The van der Waals surface area contributed by atoms with Crippen molar-refractivity contribution in [2.75, 3.05) is 13.2 Å². The normalized spacial score (nSPS) is 12.7. The van der Waals surface area contributed by atoms with Crippen LogP contribution in [0.25, 0.3) is 0 Å². The van der Waals surface area contributed by atoms with E-state index in [1.165, 1.54) is 199 Å². The van der Waals surface area contributed by atoms with Crippen molar-refractivity contribution < 1.29 is 28.6 Å². The van der Waals surface area contributed by atoms with Gasteiger partial charge in [0.15, 0.2) is 6.10 Å². The minimum atomic E-state index is -0.777. The van der Waals surface area contributed by atoms with Gasteiger partial charge in [-0.2, -0.15) is 0 Å². The number of allylic oxidation sites excluding steroid dienone is 16. The van der Waals surface area contributed by atoms with Gasteiger partial charge in [-0.05, 0) is 103 Å². The summed E-state index contributed by atoms with van der Waals surface area (Å²) in [4.78, 5) is 38.3. The molecule has 466 valence electrons. The highest BCUT2D eigenvalue weighted by Crippen LogP contribution is 2.17. The molecular weight excluding hydrogens is 997 g/mol. The van der Waals surface area contributed by atoms with Crippen molar-refractivity contribution in [3.8, 4) is 0 Å². The van der Waals surface area contributed by atoms with Gasteiger partial charge >= 0.3 is 17.9 Å². The quantitative estimate of drug-likeness (QED) is 0.0261. The number of ether oxygens (including phenoxy) is 3. The molecule has 0 fully saturated rings. The molecule has 0 aromatic heterocycles. The monoisotopic (exact) mass is 1130 g/mol. The standard InChI is InChI=1S/C75H130O6/c1-4-7-10-13-16-19-21-23-25-27-29-31-32-33-34-35-36-37-38-39-40-41-42-44-45-47-49-51-53-56-59-62-65-68-74(77)80-71-72(70-79-73(76)67-64-61-58-55-18-15-12-9-6-3)81-75(78)69-66-63-60-57-54-52-50-48-46-43-30-28-26-24-22-20-17-14-11-8-5-2/h7,10,16,19,23,25,28-31,33-34,36-37,39-40,72H,4-6,8-9,11-15,17-18,20-22,24,26-27,32,35,38,41-71H2,1-3H3/b10-7-,19-16-,25-23-,30-28-,31-29-,34-33-,37-36-,40-39-. The molecule has 0 heterocycles. The molecule has 1 unspecified atom stereocenters. The Morgan fingerprint density at radius 2 is 0.481 bits per heavy atom. The predicted octanol–water partition coefficient (Wildman–Crippen LogP) is 24.0. The number of unbranched alkanes of at least 4 members (excludes halogenated alkanes) is 36. The average molecular weight is 1130 g/mol. The summed E-state index contributed by atoms with van der Waals surface area (Å²) < 4.78 is 16.9. The van der Waals surface area contributed by atoms with Crippen molar-refractivity contribution in [1.29, 1.82) is 0 Å². The number of esters is 3. The van der Waals surface area contributed by atoms with Crippen LogP contribution in [-0.4, -0.2) is 37.2 Å². The van der Waals surface area contributed by atoms with Gasteiger partial charge in [-0.25, -0.2) is 0 Å². The van der Waals surface area contributed by atoms with Gasteiger partial charge in [-0.1, -0.05) is 317 Å². The maximum Gasteiger partial charge on any atom is 0.306 e. The smallest absolute Gasteiger partial charge is 0.306 e. The molecule has 0 aliphatic rings. The summed E-state index contributed by atoms with van der Waals surface area (Å²) in [6.07, 6.45) is 93.0. The maximum absolute atomic E-state index is 12.9. The van der Waals surface area contributed by atoms with Crippen molar-refractivity contribution in [2.45, 2.75) is 348 Å². The molecule has 0 N–H and O–H groups in total. The first kappa shape index (κ1) is 77.3. The third-order valence-corrected chi connectivity index (χ3v) is 15.1. The molecule has 1 atom stereocenters.